The summed E-state index contributed by atoms with van der Waals surface area (Å²) in [4.78, 5) is 34.1. The summed E-state index contributed by atoms with van der Waals surface area (Å²) in [5.41, 5.74) is 0.457. The number of benzene rings is 1. The Balaban J connectivity index is 1.94. The number of carbonyl (C=O) groups excluding carboxylic acids is 2. The van der Waals surface area contributed by atoms with E-state index in [0.29, 0.717) is 0 Å². The van der Waals surface area contributed by atoms with Gasteiger partial charge in [0.05, 0.1) is 20.7 Å². The van der Waals surface area contributed by atoms with Gasteiger partial charge in [0, 0.05) is 0 Å². The van der Waals surface area contributed by atoms with Crippen LogP contribution in [0.3, 0.4) is 0 Å². The molecule has 1 aromatic heterocycles. The first-order valence-corrected chi connectivity index (χ1v) is 8.04. The summed E-state index contributed by atoms with van der Waals surface area (Å²) in [5.74, 6) is -1.40. The Kier molecular flexibility index (Phi) is 6.17. The lowest BCUT2D eigenvalue weighted by Gasteiger charge is -2.09. The van der Waals surface area contributed by atoms with Crippen molar-refractivity contribution in [3.05, 3.63) is 49.7 Å². The fraction of sp³-hybridized carbons (Fsp3) is 0.267. The van der Waals surface area contributed by atoms with E-state index < -0.39 is 23.4 Å². The summed E-state index contributed by atoms with van der Waals surface area (Å²) in [6, 6.07) is 4.71. The molecule has 2 aromatic rings. The number of nitro groups is 1. The molecule has 0 spiro atoms. The van der Waals surface area contributed by atoms with Crippen molar-refractivity contribution >= 4 is 46.5 Å². The van der Waals surface area contributed by atoms with Gasteiger partial charge in [0.25, 0.3) is 5.91 Å². The highest BCUT2D eigenvalue weighted by molar-refractivity contribution is 6.39. The van der Waals surface area contributed by atoms with Crippen LogP contribution >= 0.6 is 23.2 Å². The molecule has 0 atom stereocenters. The molecule has 0 radical (unpaired) electrons. The number of hydrogen-bond acceptors (Lipinski definition) is 6. The number of carbonyl (C=O) groups is 2. The summed E-state index contributed by atoms with van der Waals surface area (Å²) >= 11 is 11.9. The molecule has 0 saturated heterocycles. The number of anilines is 1. The van der Waals surface area contributed by atoms with Gasteiger partial charge in [-0.1, -0.05) is 29.3 Å². The van der Waals surface area contributed by atoms with Gasteiger partial charge >= 0.3 is 11.7 Å². The Hall–Kier alpha value is -2.65. The highest BCUT2D eigenvalue weighted by atomic mass is 35.5. The zero-order valence-corrected chi connectivity index (χ0v) is 15.3. The van der Waals surface area contributed by atoms with Crippen LogP contribution in [0, 0.1) is 24.0 Å². The molecule has 0 fully saturated rings. The molecule has 0 aliphatic rings. The second kappa shape index (κ2) is 8.15. The van der Waals surface area contributed by atoms with Crippen molar-refractivity contribution in [2.45, 2.75) is 20.4 Å². The third-order valence-electron chi connectivity index (χ3n) is 3.40. The van der Waals surface area contributed by atoms with Gasteiger partial charge in [0.2, 0.25) is 0 Å². The molecule has 9 nitrogen and oxygen atoms in total. The first-order chi connectivity index (χ1) is 12.2. The Morgan fingerprint density at radius 1 is 1.31 bits per heavy atom. The van der Waals surface area contributed by atoms with E-state index in [1.165, 1.54) is 13.8 Å². The van der Waals surface area contributed by atoms with Gasteiger partial charge in [-0.05, 0) is 26.0 Å². The number of nitrogens with one attached hydrogen (secondary N) is 1. The predicted octanol–water partition coefficient (Wildman–Crippen LogP) is 2.90. The second-order valence-corrected chi connectivity index (χ2v) is 6.05. The molecule has 1 heterocycles. The number of esters is 1. The van der Waals surface area contributed by atoms with Crippen LogP contribution < -0.4 is 5.32 Å². The van der Waals surface area contributed by atoms with E-state index >= 15 is 0 Å². The lowest BCUT2D eigenvalue weighted by molar-refractivity contribution is -0.386. The fourth-order valence-electron chi connectivity index (χ4n) is 2.21. The largest absolute Gasteiger partial charge is 0.454 e. The van der Waals surface area contributed by atoms with E-state index in [4.69, 9.17) is 27.9 Å². The maximum Gasteiger partial charge on any atom is 0.328 e. The van der Waals surface area contributed by atoms with Gasteiger partial charge in [-0.2, -0.15) is 5.10 Å². The minimum Gasteiger partial charge on any atom is -0.454 e. The fourth-order valence-corrected chi connectivity index (χ4v) is 2.70. The van der Waals surface area contributed by atoms with Crippen molar-refractivity contribution in [3.8, 4) is 0 Å². The lowest BCUT2D eigenvalue weighted by atomic mass is 10.3. The normalized spacial score (nSPS) is 10.5. The molecular weight excluding hydrogens is 387 g/mol. The molecule has 0 bridgehead atoms. The SMILES string of the molecule is Cc1nn(CC(=O)OCC(=O)Nc2c(Cl)cccc2Cl)c(C)c1[N+](=O)[O-]. The van der Waals surface area contributed by atoms with Crippen LogP contribution in [0.4, 0.5) is 11.4 Å². The molecule has 138 valence electrons. The topological polar surface area (TPSA) is 116 Å². The van der Waals surface area contributed by atoms with Gasteiger partial charge < -0.3 is 10.1 Å². The number of hydrogen-bond donors (Lipinski definition) is 1. The number of halogens is 2. The average molecular weight is 401 g/mol. The number of para-hydroxylation sites is 1. The van der Waals surface area contributed by atoms with E-state index in [9.17, 15) is 19.7 Å². The van der Waals surface area contributed by atoms with E-state index in [1.807, 2.05) is 0 Å². The van der Waals surface area contributed by atoms with Crippen molar-refractivity contribution in [3.63, 3.8) is 0 Å². The quantitative estimate of drug-likeness (QED) is 0.452. The number of aromatic nitrogens is 2. The number of nitrogens with zero attached hydrogens (tertiary/aromatic N) is 3. The maximum atomic E-state index is 11.9. The average Bonchev–Trinajstić information content (AvgIpc) is 2.83. The first-order valence-electron chi connectivity index (χ1n) is 7.28. The summed E-state index contributed by atoms with van der Waals surface area (Å²) in [7, 11) is 0. The summed E-state index contributed by atoms with van der Waals surface area (Å²) in [6.07, 6.45) is 0. The zero-order chi connectivity index (χ0) is 19.4. The lowest BCUT2D eigenvalue weighted by Crippen LogP contribution is -2.23. The van der Waals surface area contributed by atoms with Crippen LogP contribution in [-0.4, -0.2) is 33.2 Å². The summed E-state index contributed by atoms with van der Waals surface area (Å²) in [6.45, 7) is 2.01. The van der Waals surface area contributed by atoms with Crippen molar-refractivity contribution < 1.29 is 19.2 Å². The predicted molar refractivity (Wildman–Crippen MR) is 94.4 cm³/mol. The van der Waals surface area contributed by atoms with E-state index in [1.54, 1.807) is 18.2 Å². The number of rotatable bonds is 6. The highest BCUT2D eigenvalue weighted by Crippen LogP contribution is 2.29. The zero-order valence-electron chi connectivity index (χ0n) is 13.8. The van der Waals surface area contributed by atoms with Crippen molar-refractivity contribution in [1.82, 2.24) is 9.78 Å². The number of ether oxygens (including phenoxy) is 1. The Morgan fingerprint density at radius 2 is 1.92 bits per heavy atom. The van der Waals surface area contributed by atoms with E-state index in [-0.39, 0.29) is 39.4 Å². The minimum absolute atomic E-state index is 0.163. The van der Waals surface area contributed by atoms with Crippen LogP contribution in [-0.2, 0) is 20.9 Å². The molecule has 26 heavy (non-hydrogen) atoms. The van der Waals surface area contributed by atoms with Gasteiger partial charge in [0.1, 0.15) is 17.9 Å². The molecule has 1 aromatic carbocycles. The Bertz CT molecular complexity index is 861. The van der Waals surface area contributed by atoms with Crippen LogP contribution in [0.2, 0.25) is 10.0 Å². The standard InChI is InChI=1S/C15H14Cl2N4O5/c1-8-15(21(24)25)9(2)20(19-8)6-13(23)26-7-12(22)18-14-10(16)4-3-5-11(14)17/h3-5H,6-7H2,1-2H3,(H,18,22). The van der Waals surface area contributed by atoms with Gasteiger partial charge in [-0.3, -0.25) is 24.4 Å². The van der Waals surface area contributed by atoms with Crippen molar-refractivity contribution in [1.29, 1.82) is 0 Å². The van der Waals surface area contributed by atoms with Crippen LogP contribution in [0.5, 0.6) is 0 Å². The monoisotopic (exact) mass is 400 g/mol. The molecule has 0 aliphatic carbocycles. The minimum atomic E-state index is -0.772. The summed E-state index contributed by atoms with van der Waals surface area (Å²) in [5, 5.41) is 17.8. The first kappa shape index (κ1) is 19.7. The van der Waals surface area contributed by atoms with Crippen LogP contribution in [0.15, 0.2) is 18.2 Å². The van der Waals surface area contributed by atoms with Crippen molar-refractivity contribution in [2.75, 3.05) is 11.9 Å². The second-order valence-electron chi connectivity index (χ2n) is 5.24. The highest BCUT2D eigenvalue weighted by Gasteiger charge is 2.23. The number of amides is 1. The molecule has 0 aliphatic heterocycles. The number of aryl methyl sites for hydroxylation is 1. The summed E-state index contributed by atoms with van der Waals surface area (Å²) < 4.78 is 6.01. The maximum absolute atomic E-state index is 11.9. The van der Waals surface area contributed by atoms with Crippen molar-refractivity contribution in [2.24, 2.45) is 0 Å². The van der Waals surface area contributed by atoms with Gasteiger partial charge in [0.15, 0.2) is 6.61 Å². The van der Waals surface area contributed by atoms with Crippen LogP contribution in [0.1, 0.15) is 11.4 Å². The third kappa shape index (κ3) is 4.50. The molecule has 2 rings (SSSR count). The molecule has 11 heteroatoms. The molecule has 1 N–H and O–H groups in total. The van der Waals surface area contributed by atoms with Gasteiger partial charge in [-0.25, -0.2) is 0 Å². The Labute approximate surface area is 158 Å². The molecule has 0 unspecified atom stereocenters. The third-order valence-corrected chi connectivity index (χ3v) is 4.03. The smallest absolute Gasteiger partial charge is 0.328 e. The van der Waals surface area contributed by atoms with Gasteiger partial charge in [-0.15, -0.1) is 0 Å². The van der Waals surface area contributed by atoms with E-state index in [0.717, 1.165) is 4.68 Å². The van der Waals surface area contributed by atoms with Crippen LogP contribution in [0.25, 0.3) is 0 Å². The molecular formula is C15H14Cl2N4O5. The molecule has 0 saturated carbocycles. The van der Waals surface area contributed by atoms with E-state index in [2.05, 4.69) is 10.4 Å². The Morgan fingerprint density at radius 3 is 2.46 bits per heavy atom. The molecule has 1 amide bonds.